The number of aliphatic hydroxyl groups is 1. The highest BCUT2D eigenvalue weighted by Gasteiger charge is 2.10. The van der Waals surface area contributed by atoms with Crippen molar-refractivity contribution in [2.45, 2.75) is 19.3 Å². The van der Waals surface area contributed by atoms with Crippen molar-refractivity contribution in [3.8, 4) is 5.75 Å². The van der Waals surface area contributed by atoms with Crippen molar-refractivity contribution in [1.82, 2.24) is 4.98 Å². The van der Waals surface area contributed by atoms with E-state index in [2.05, 4.69) is 4.98 Å². The second-order valence-corrected chi connectivity index (χ2v) is 4.27. The molecule has 1 heterocycles. The standard InChI is InChI=1S/C14H17NO3/c1-10(8-16)13-9-18-14(15-13)7-11-3-5-12(17-2)6-4-11/h3-6,9-10,16H,7-8H2,1-2H3. The smallest absolute Gasteiger partial charge is 0.198 e. The Balaban J connectivity index is 2.06. The molecular formula is C14H17NO3. The van der Waals surface area contributed by atoms with Gasteiger partial charge in [-0.1, -0.05) is 19.1 Å². The molecule has 18 heavy (non-hydrogen) atoms. The van der Waals surface area contributed by atoms with Crippen molar-refractivity contribution in [1.29, 1.82) is 0 Å². The maximum Gasteiger partial charge on any atom is 0.198 e. The van der Waals surface area contributed by atoms with Gasteiger partial charge in [0.05, 0.1) is 19.4 Å². The summed E-state index contributed by atoms with van der Waals surface area (Å²) in [6.45, 7) is 1.99. The summed E-state index contributed by atoms with van der Waals surface area (Å²) in [6.07, 6.45) is 2.25. The molecule has 4 heteroatoms. The predicted molar refractivity (Wildman–Crippen MR) is 67.8 cm³/mol. The first-order chi connectivity index (χ1) is 8.72. The number of oxazole rings is 1. The van der Waals surface area contributed by atoms with E-state index in [9.17, 15) is 0 Å². The van der Waals surface area contributed by atoms with Crippen LogP contribution in [0.15, 0.2) is 34.9 Å². The lowest BCUT2D eigenvalue weighted by atomic mass is 10.1. The molecule has 1 atom stereocenters. The largest absolute Gasteiger partial charge is 0.497 e. The first-order valence-electron chi connectivity index (χ1n) is 5.91. The van der Waals surface area contributed by atoms with Gasteiger partial charge < -0.3 is 14.3 Å². The Hall–Kier alpha value is -1.81. The summed E-state index contributed by atoms with van der Waals surface area (Å²) >= 11 is 0. The number of rotatable bonds is 5. The van der Waals surface area contributed by atoms with Gasteiger partial charge in [-0.2, -0.15) is 0 Å². The minimum atomic E-state index is 0.0124. The fourth-order valence-electron chi connectivity index (χ4n) is 1.64. The molecule has 0 radical (unpaired) electrons. The topological polar surface area (TPSA) is 55.5 Å². The molecule has 0 amide bonds. The molecule has 1 unspecified atom stereocenters. The van der Waals surface area contributed by atoms with Crippen LogP contribution in [-0.2, 0) is 6.42 Å². The Bertz CT molecular complexity index is 490. The van der Waals surface area contributed by atoms with Crippen LogP contribution in [0.5, 0.6) is 5.75 Å². The number of aliphatic hydroxyl groups excluding tert-OH is 1. The van der Waals surface area contributed by atoms with Crippen LogP contribution in [0.3, 0.4) is 0 Å². The zero-order valence-electron chi connectivity index (χ0n) is 10.6. The van der Waals surface area contributed by atoms with E-state index >= 15 is 0 Å². The molecule has 1 aromatic heterocycles. The van der Waals surface area contributed by atoms with Crippen molar-refractivity contribution in [3.63, 3.8) is 0 Å². The fourth-order valence-corrected chi connectivity index (χ4v) is 1.64. The van der Waals surface area contributed by atoms with Crippen LogP contribution in [0.25, 0.3) is 0 Å². The SMILES string of the molecule is COc1ccc(Cc2nc(C(C)CO)co2)cc1. The van der Waals surface area contributed by atoms with Crippen molar-refractivity contribution in [3.05, 3.63) is 47.7 Å². The van der Waals surface area contributed by atoms with E-state index in [0.29, 0.717) is 12.3 Å². The predicted octanol–water partition coefficient (Wildman–Crippen LogP) is 2.37. The zero-order chi connectivity index (χ0) is 13.0. The molecule has 4 nitrogen and oxygen atoms in total. The van der Waals surface area contributed by atoms with E-state index in [-0.39, 0.29) is 12.5 Å². The molecule has 1 aromatic carbocycles. The van der Waals surface area contributed by atoms with E-state index in [1.165, 1.54) is 0 Å². The van der Waals surface area contributed by atoms with Gasteiger partial charge in [-0.15, -0.1) is 0 Å². The highest BCUT2D eigenvalue weighted by molar-refractivity contribution is 5.28. The number of nitrogens with zero attached hydrogens (tertiary/aromatic N) is 1. The van der Waals surface area contributed by atoms with Crippen LogP contribution >= 0.6 is 0 Å². The maximum atomic E-state index is 9.05. The molecule has 2 rings (SSSR count). The van der Waals surface area contributed by atoms with Crippen molar-refractivity contribution in [2.24, 2.45) is 0 Å². The lowest BCUT2D eigenvalue weighted by Crippen LogP contribution is -1.99. The van der Waals surface area contributed by atoms with Crippen LogP contribution in [0.1, 0.15) is 30.0 Å². The molecule has 0 saturated heterocycles. The summed E-state index contributed by atoms with van der Waals surface area (Å²) < 4.78 is 10.5. The Morgan fingerprint density at radius 1 is 1.33 bits per heavy atom. The molecule has 0 bridgehead atoms. The van der Waals surface area contributed by atoms with Crippen molar-refractivity contribution in [2.75, 3.05) is 13.7 Å². The molecule has 0 fully saturated rings. The van der Waals surface area contributed by atoms with Gasteiger partial charge in [-0.25, -0.2) is 4.98 Å². The van der Waals surface area contributed by atoms with E-state index in [4.69, 9.17) is 14.3 Å². The van der Waals surface area contributed by atoms with Gasteiger partial charge >= 0.3 is 0 Å². The quantitative estimate of drug-likeness (QED) is 0.881. The lowest BCUT2D eigenvalue weighted by Gasteiger charge is -2.01. The van der Waals surface area contributed by atoms with E-state index in [1.807, 2.05) is 31.2 Å². The van der Waals surface area contributed by atoms with Gasteiger partial charge in [0.15, 0.2) is 5.89 Å². The monoisotopic (exact) mass is 247 g/mol. The highest BCUT2D eigenvalue weighted by Crippen LogP contribution is 2.17. The minimum absolute atomic E-state index is 0.0124. The average molecular weight is 247 g/mol. The number of ether oxygens (including phenoxy) is 1. The Morgan fingerprint density at radius 2 is 2.06 bits per heavy atom. The van der Waals surface area contributed by atoms with E-state index < -0.39 is 0 Å². The fraction of sp³-hybridized carbons (Fsp3) is 0.357. The van der Waals surface area contributed by atoms with Crippen LogP contribution in [0.2, 0.25) is 0 Å². The number of benzene rings is 1. The molecule has 0 aliphatic carbocycles. The van der Waals surface area contributed by atoms with Crippen LogP contribution in [0.4, 0.5) is 0 Å². The highest BCUT2D eigenvalue weighted by atomic mass is 16.5. The van der Waals surface area contributed by atoms with Crippen LogP contribution in [0, 0.1) is 0 Å². The summed E-state index contributed by atoms with van der Waals surface area (Å²) in [5.41, 5.74) is 1.90. The normalized spacial score (nSPS) is 12.4. The third-order valence-electron chi connectivity index (χ3n) is 2.86. The molecule has 0 saturated carbocycles. The van der Waals surface area contributed by atoms with Gasteiger partial charge in [0, 0.05) is 12.3 Å². The molecule has 0 aliphatic rings. The first kappa shape index (κ1) is 12.6. The maximum absolute atomic E-state index is 9.05. The second kappa shape index (κ2) is 5.69. The Labute approximate surface area is 106 Å². The zero-order valence-corrected chi connectivity index (χ0v) is 10.6. The van der Waals surface area contributed by atoms with Gasteiger partial charge in [0.2, 0.25) is 0 Å². The summed E-state index contributed by atoms with van der Waals surface area (Å²) in [6, 6.07) is 7.79. The third-order valence-corrected chi connectivity index (χ3v) is 2.86. The van der Waals surface area contributed by atoms with Gasteiger partial charge in [-0.3, -0.25) is 0 Å². The van der Waals surface area contributed by atoms with Crippen molar-refractivity contribution < 1.29 is 14.3 Å². The number of methoxy groups -OCH3 is 1. The van der Waals surface area contributed by atoms with Gasteiger partial charge in [0.25, 0.3) is 0 Å². The number of aromatic nitrogens is 1. The van der Waals surface area contributed by atoms with E-state index in [0.717, 1.165) is 17.0 Å². The summed E-state index contributed by atoms with van der Waals surface area (Å²) in [5, 5.41) is 9.05. The summed E-state index contributed by atoms with van der Waals surface area (Å²) in [7, 11) is 1.64. The van der Waals surface area contributed by atoms with E-state index in [1.54, 1.807) is 13.4 Å². The molecule has 1 N–H and O–H groups in total. The second-order valence-electron chi connectivity index (χ2n) is 4.27. The Kier molecular flexibility index (Phi) is 3.99. The molecule has 2 aromatic rings. The first-order valence-corrected chi connectivity index (χ1v) is 5.91. The Morgan fingerprint density at radius 3 is 2.67 bits per heavy atom. The molecule has 0 spiro atoms. The van der Waals surface area contributed by atoms with Gasteiger partial charge in [0.1, 0.15) is 12.0 Å². The lowest BCUT2D eigenvalue weighted by molar-refractivity contribution is 0.271. The number of hydrogen-bond acceptors (Lipinski definition) is 4. The average Bonchev–Trinajstić information content (AvgIpc) is 2.87. The summed E-state index contributed by atoms with van der Waals surface area (Å²) in [5.74, 6) is 1.51. The number of hydrogen-bond donors (Lipinski definition) is 1. The van der Waals surface area contributed by atoms with Crippen LogP contribution < -0.4 is 4.74 Å². The molecule has 96 valence electrons. The van der Waals surface area contributed by atoms with Crippen molar-refractivity contribution >= 4 is 0 Å². The summed E-state index contributed by atoms with van der Waals surface area (Å²) in [4.78, 5) is 4.36. The molecule has 0 aliphatic heterocycles. The minimum Gasteiger partial charge on any atom is -0.497 e. The third kappa shape index (κ3) is 2.90. The van der Waals surface area contributed by atoms with Gasteiger partial charge in [-0.05, 0) is 17.7 Å². The van der Waals surface area contributed by atoms with Crippen LogP contribution in [-0.4, -0.2) is 23.8 Å². The molecular weight excluding hydrogens is 230 g/mol.